The van der Waals surface area contributed by atoms with Gasteiger partial charge >= 0.3 is 0 Å². The third-order valence-corrected chi connectivity index (χ3v) is 2.68. The molecule has 2 aromatic rings. The van der Waals surface area contributed by atoms with Gasteiger partial charge in [-0.05, 0) is 29.0 Å². The molecule has 0 bridgehead atoms. The van der Waals surface area contributed by atoms with E-state index < -0.39 is 17.6 Å². The maximum absolute atomic E-state index is 13.1. The first kappa shape index (κ1) is 9.03. The first-order valence-corrected chi connectivity index (χ1v) is 4.75. The van der Waals surface area contributed by atoms with Crippen molar-refractivity contribution >= 4 is 22.6 Å². The van der Waals surface area contributed by atoms with Crippen molar-refractivity contribution in [2.24, 2.45) is 0 Å². The van der Waals surface area contributed by atoms with Crippen molar-refractivity contribution in [1.82, 2.24) is 5.32 Å². The number of imide groups is 1. The van der Waals surface area contributed by atoms with Crippen LogP contribution in [0.1, 0.15) is 20.7 Å². The van der Waals surface area contributed by atoms with Crippen LogP contribution in [0.5, 0.6) is 0 Å². The molecular weight excluding hydrogens is 209 g/mol. The maximum atomic E-state index is 13.1. The summed E-state index contributed by atoms with van der Waals surface area (Å²) < 4.78 is 13.1. The van der Waals surface area contributed by atoms with Gasteiger partial charge in [0.25, 0.3) is 11.8 Å². The van der Waals surface area contributed by atoms with E-state index in [1.54, 1.807) is 18.2 Å². The van der Waals surface area contributed by atoms with Crippen LogP contribution in [0.2, 0.25) is 0 Å². The molecule has 3 nitrogen and oxygen atoms in total. The lowest BCUT2D eigenvalue weighted by Gasteiger charge is -2.01. The van der Waals surface area contributed by atoms with Gasteiger partial charge in [-0.2, -0.15) is 0 Å². The van der Waals surface area contributed by atoms with E-state index in [0.717, 1.165) is 5.39 Å². The lowest BCUT2D eigenvalue weighted by molar-refractivity contribution is 0.0880. The molecule has 1 N–H and O–H groups in total. The summed E-state index contributed by atoms with van der Waals surface area (Å²) in [5.41, 5.74) is 0.574. The van der Waals surface area contributed by atoms with Crippen molar-refractivity contribution in [3.8, 4) is 0 Å². The van der Waals surface area contributed by atoms with Crippen molar-refractivity contribution in [3.05, 3.63) is 47.3 Å². The Morgan fingerprint density at radius 1 is 1.00 bits per heavy atom. The molecule has 0 saturated carbocycles. The summed E-state index contributed by atoms with van der Waals surface area (Å²) in [4.78, 5) is 22.9. The third-order valence-electron chi connectivity index (χ3n) is 2.68. The van der Waals surface area contributed by atoms with Crippen molar-refractivity contribution in [2.75, 3.05) is 0 Å². The number of amides is 2. The van der Waals surface area contributed by atoms with Gasteiger partial charge in [-0.15, -0.1) is 0 Å². The summed E-state index contributed by atoms with van der Waals surface area (Å²) in [6.07, 6.45) is 0. The van der Waals surface area contributed by atoms with Crippen LogP contribution in [0, 0.1) is 5.82 Å². The van der Waals surface area contributed by atoms with Crippen LogP contribution in [0.15, 0.2) is 30.3 Å². The molecule has 0 aromatic heterocycles. The van der Waals surface area contributed by atoms with Gasteiger partial charge in [-0.3, -0.25) is 14.9 Å². The molecule has 2 aromatic carbocycles. The van der Waals surface area contributed by atoms with E-state index in [2.05, 4.69) is 5.32 Å². The minimum absolute atomic E-state index is 0.266. The fourth-order valence-corrected chi connectivity index (χ4v) is 1.96. The van der Waals surface area contributed by atoms with Crippen LogP contribution in [0.3, 0.4) is 0 Å². The molecule has 0 aliphatic carbocycles. The fraction of sp³-hybridized carbons (Fsp3) is 0. The van der Waals surface area contributed by atoms with Crippen LogP contribution in [-0.2, 0) is 0 Å². The average molecular weight is 215 g/mol. The van der Waals surface area contributed by atoms with Gasteiger partial charge in [-0.1, -0.05) is 12.1 Å². The Labute approximate surface area is 89.9 Å². The largest absolute Gasteiger partial charge is 0.288 e. The second kappa shape index (κ2) is 2.88. The summed E-state index contributed by atoms with van der Waals surface area (Å²) in [5, 5.41) is 3.41. The van der Waals surface area contributed by atoms with Gasteiger partial charge in [0.05, 0.1) is 11.1 Å². The highest BCUT2D eigenvalue weighted by Crippen LogP contribution is 2.26. The Hall–Kier alpha value is -2.23. The molecule has 1 aliphatic rings. The van der Waals surface area contributed by atoms with E-state index in [0.29, 0.717) is 10.9 Å². The zero-order chi connectivity index (χ0) is 11.3. The summed E-state index contributed by atoms with van der Waals surface area (Å²) in [6.45, 7) is 0. The van der Waals surface area contributed by atoms with E-state index in [4.69, 9.17) is 0 Å². The van der Waals surface area contributed by atoms with Crippen LogP contribution in [-0.4, -0.2) is 11.8 Å². The summed E-state index contributed by atoms with van der Waals surface area (Å²) in [5.74, 6) is -1.31. The van der Waals surface area contributed by atoms with E-state index in [1.165, 1.54) is 12.1 Å². The van der Waals surface area contributed by atoms with E-state index in [1.807, 2.05) is 0 Å². The Morgan fingerprint density at radius 3 is 2.56 bits per heavy atom. The second-order valence-corrected chi connectivity index (χ2v) is 3.64. The molecule has 0 atom stereocenters. The average Bonchev–Trinajstić information content (AvgIpc) is 2.54. The molecule has 0 spiro atoms. The molecular formula is C12H6FNO2. The molecule has 0 saturated heterocycles. The quantitative estimate of drug-likeness (QED) is 0.682. The number of halogens is 1. The number of hydrogen-bond donors (Lipinski definition) is 1. The van der Waals surface area contributed by atoms with Crippen LogP contribution >= 0.6 is 0 Å². The van der Waals surface area contributed by atoms with Gasteiger partial charge < -0.3 is 0 Å². The smallest absolute Gasteiger partial charge is 0.259 e. The number of carbonyl (C=O) groups excluding carboxylic acids is 2. The van der Waals surface area contributed by atoms with Gasteiger partial charge in [0, 0.05) is 0 Å². The Kier molecular flexibility index (Phi) is 1.63. The Morgan fingerprint density at radius 2 is 1.75 bits per heavy atom. The number of nitrogens with one attached hydrogen (secondary N) is 1. The molecule has 16 heavy (non-hydrogen) atoms. The van der Waals surface area contributed by atoms with E-state index in [9.17, 15) is 14.0 Å². The number of benzene rings is 2. The first-order valence-electron chi connectivity index (χ1n) is 4.75. The lowest BCUT2D eigenvalue weighted by atomic mass is 10.0. The predicted molar refractivity (Wildman–Crippen MR) is 55.7 cm³/mol. The van der Waals surface area contributed by atoms with Gasteiger partial charge in [0.15, 0.2) is 0 Å². The first-order chi connectivity index (χ1) is 7.66. The number of fused-ring (bicyclic) bond motifs is 3. The predicted octanol–water partition coefficient (Wildman–Crippen LogP) is 1.86. The molecule has 0 radical (unpaired) electrons. The second-order valence-electron chi connectivity index (χ2n) is 3.64. The molecule has 0 unspecified atom stereocenters. The maximum Gasteiger partial charge on any atom is 0.259 e. The topological polar surface area (TPSA) is 46.2 Å². The highest BCUT2D eigenvalue weighted by Gasteiger charge is 2.28. The minimum atomic E-state index is -0.462. The van der Waals surface area contributed by atoms with E-state index in [-0.39, 0.29) is 5.56 Å². The number of carbonyl (C=O) groups is 2. The third kappa shape index (κ3) is 1.07. The highest BCUT2D eigenvalue weighted by molar-refractivity contribution is 6.26. The number of rotatable bonds is 0. The normalized spacial score (nSPS) is 14.1. The van der Waals surface area contributed by atoms with Crippen molar-refractivity contribution in [2.45, 2.75) is 0 Å². The van der Waals surface area contributed by atoms with Gasteiger partial charge in [0.2, 0.25) is 0 Å². The molecule has 3 rings (SSSR count). The summed E-state index contributed by atoms with van der Waals surface area (Å²) in [7, 11) is 0. The summed E-state index contributed by atoms with van der Waals surface area (Å²) in [6, 6.07) is 7.46. The van der Waals surface area contributed by atoms with E-state index >= 15 is 0 Å². The molecule has 1 heterocycles. The van der Waals surface area contributed by atoms with Crippen LogP contribution < -0.4 is 5.32 Å². The SMILES string of the molecule is O=C1NC(=O)c2c1ccc1ccc(F)cc21. The Bertz CT molecular complexity index is 649. The Balaban J connectivity index is 2.48. The monoisotopic (exact) mass is 215 g/mol. The highest BCUT2D eigenvalue weighted by atomic mass is 19.1. The van der Waals surface area contributed by atoms with Crippen LogP contribution in [0.4, 0.5) is 4.39 Å². The summed E-state index contributed by atoms with van der Waals surface area (Å²) >= 11 is 0. The van der Waals surface area contributed by atoms with Crippen molar-refractivity contribution < 1.29 is 14.0 Å². The van der Waals surface area contributed by atoms with Crippen molar-refractivity contribution in [3.63, 3.8) is 0 Å². The standard InChI is InChI=1S/C12H6FNO2/c13-7-3-1-6-2-4-8-10(9(6)5-7)12(16)14-11(8)15/h1-5H,(H,14,15,16). The number of hydrogen-bond acceptors (Lipinski definition) is 2. The molecule has 4 heteroatoms. The van der Waals surface area contributed by atoms with Crippen molar-refractivity contribution in [1.29, 1.82) is 0 Å². The zero-order valence-electron chi connectivity index (χ0n) is 8.08. The fourth-order valence-electron chi connectivity index (χ4n) is 1.96. The lowest BCUT2D eigenvalue weighted by Crippen LogP contribution is -2.19. The molecule has 1 aliphatic heterocycles. The minimum Gasteiger partial charge on any atom is -0.288 e. The van der Waals surface area contributed by atoms with Crippen LogP contribution in [0.25, 0.3) is 10.8 Å². The molecule has 2 amide bonds. The van der Waals surface area contributed by atoms with Gasteiger partial charge in [-0.25, -0.2) is 4.39 Å². The molecule has 0 fully saturated rings. The zero-order valence-corrected chi connectivity index (χ0v) is 8.08. The molecule has 78 valence electrons. The van der Waals surface area contributed by atoms with Gasteiger partial charge in [0.1, 0.15) is 5.82 Å².